The van der Waals surface area contributed by atoms with E-state index >= 15 is 0 Å². The van der Waals surface area contributed by atoms with E-state index in [1.54, 1.807) is 12.1 Å². The fourth-order valence-corrected chi connectivity index (χ4v) is 3.05. The summed E-state index contributed by atoms with van der Waals surface area (Å²) in [5.74, 6) is 0.694. The molecule has 0 saturated heterocycles. The molecule has 106 valence electrons. The molecule has 1 N–H and O–H groups in total. The fraction of sp³-hybridized carbons (Fsp3) is 0.571. The number of halogens is 3. The Morgan fingerprint density at radius 1 is 1.21 bits per heavy atom. The van der Waals surface area contributed by atoms with Crippen molar-refractivity contribution in [1.29, 1.82) is 0 Å². The smallest absolute Gasteiger partial charge is 0.310 e. The molecular weight excluding hydrogens is 271 g/mol. The van der Waals surface area contributed by atoms with Crippen molar-refractivity contribution in [3.05, 3.63) is 29.8 Å². The van der Waals surface area contributed by atoms with Crippen molar-refractivity contribution in [3.8, 4) is 0 Å². The van der Waals surface area contributed by atoms with Gasteiger partial charge in [0.1, 0.15) is 0 Å². The second-order valence-corrected chi connectivity index (χ2v) is 6.23. The number of hydrogen-bond donors (Lipinski definition) is 1. The average Bonchev–Trinajstić information content (AvgIpc) is 2.72. The van der Waals surface area contributed by atoms with Crippen LogP contribution in [0.2, 0.25) is 0 Å². The maximum Gasteiger partial charge on any atom is 0.446 e. The van der Waals surface area contributed by atoms with E-state index in [9.17, 15) is 13.2 Å². The summed E-state index contributed by atoms with van der Waals surface area (Å²) in [4.78, 5) is 0.241. The zero-order chi connectivity index (χ0) is 13.9. The molecule has 5 heteroatoms. The van der Waals surface area contributed by atoms with Gasteiger partial charge in [-0.1, -0.05) is 25.5 Å². The van der Waals surface area contributed by atoms with Crippen LogP contribution in [-0.4, -0.2) is 11.6 Å². The van der Waals surface area contributed by atoms with Gasteiger partial charge < -0.3 is 5.32 Å². The van der Waals surface area contributed by atoms with Gasteiger partial charge in [0, 0.05) is 17.5 Å². The minimum absolute atomic E-state index is 0.0672. The van der Waals surface area contributed by atoms with Gasteiger partial charge in [0.2, 0.25) is 0 Å². The summed E-state index contributed by atoms with van der Waals surface area (Å²) in [6.45, 7) is 2.97. The number of rotatable bonds is 4. The molecular formula is C14H18F3NS. The first-order chi connectivity index (χ1) is 8.94. The van der Waals surface area contributed by atoms with Gasteiger partial charge in [-0.2, -0.15) is 13.2 Å². The number of alkyl halides is 3. The maximum absolute atomic E-state index is 12.2. The number of hydrogen-bond acceptors (Lipinski definition) is 2. The minimum atomic E-state index is -4.21. The highest BCUT2D eigenvalue weighted by Crippen LogP contribution is 2.36. The van der Waals surface area contributed by atoms with Crippen LogP contribution in [0.1, 0.15) is 31.7 Å². The molecule has 1 aromatic rings. The van der Waals surface area contributed by atoms with Crippen LogP contribution < -0.4 is 5.32 Å². The molecule has 1 aliphatic carbocycles. The molecule has 0 amide bonds. The van der Waals surface area contributed by atoms with Gasteiger partial charge in [0.15, 0.2) is 0 Å². The van der Waals surface area contributed by atoms with E-state index in [2.05, 4.69) is 12.2 Å². The summed E-state index contributed by atoms with van der Waals surface area (Å²) in [6.07, 6.45) is 3.72. The molecule has 0 bridgehead atoms. The van der Waals surface area contributed by atoms with E-state index in [1.165, 1.54) is 31.4 Å². The van der Waals surface area contributed by atoms with E-state index in [0.29, 0.717) is 12.0 Å². The third-order valence-electron chi connectivity index (χ3n) is 3.59. The Morgan fingerprint density at radius 3 is 2.42 bits per heavy atom. The van der Waals surface area contributed by atoms with Crippen LogP contribution in [0.4, 0.5) is 13.2 Å². The lowest BCUT2D eigenvalue weighted by Gasteiger charge is -2.17. The quantitative estimate of drug-likeness (QED) is 0.814. The molecule has 0 spiro atoms. The second kappa shape index (κ2) is 6.18. The Kier molecular flexibility index (Phi) is 4.79. The predicted molar refractivity (Wildman–Crippen MR) is 72.0 cm³/mol. The SMILES string of the molecule is CC1CCCC1NCc1ccc(SC(F)(F)F)cc1. The second-order valence-electron chi connectivity index (χ2n) is 5.09. The topological polar surface area (TPSA) is 12.0 Å². The highest BCUT2D eigenvalue weighted by atomic mass is 32.2. The van der Waals surface area contributed by atoms with Gasteiger partial charge in [-0.05, 0) is 48.2 Å². The summed E-state index contributed by atoms with van der Waals surface area (Å²) in [7, 11) is 0. The Morgan fingerprint density at radius 2 is 1.89 bits per heavy atom. The summed E-state index contributed by atoms with van der Waals surface area (Å²) >= 11 is -0.0672. The first kappa shape index (κ1) is 14.7. The van der Waals surface area contributed by atoms with Gasteiger partial charge in [-0.15, -0.1) is 0 Å². The summed E-state index contributed by atoms with van der Waals surface area (Å²) in [6, 6.07) is 7.14. The largest absolute Gasteiger partial charge is 0.446 e. The molecule has 1 aliphatic rings. The van der Waals surface area contributed by atoms with Gasteiger partial charge >= 0.3 is 5.51 Å². The van der Waals surface area contributed by atoms with Crippen molar-refractivity contribution in [1.82, 2.24) is 5.32 Å². The molecule has 0 aliphatic heterocycles. The van der Waals surface area contributed by atoms with E-state index in [4.69, 9.17) is 0 Å². The number of benzene rings is 1. The maximum atomic E-state index is 12.2. The molecule has 0 heterocycles. The Labute approximate surface area is 116 Å². The minimum Gasteiger partial charge on any atom is -0.310 e. The molecule has 1 saturated carbocycles. The van der Waals surface area contributed by atoms with Crippen molar-refractivity contribution in [2.75, 3.05) is 0 Å². The molecule has 0 aromatic heterocycles. The fourth-order valence-electron chi connectivity index (χ4n) is 2.51. The Balaban J connectivity index is 1.85. The van der Waals surface area contributed by atoms with Gasteiger partial charge in [0.05, 0.1) is 0 Å². The Bertz CT molecular complexity index is 402. The van der Waals surface area contributed by atoms with Crippen LogP contribution in [0, 0.1) is 5.92 Å². The third kappa shape index (κ3) is 4.73. The van der Waals surface area contributed by atoms with Crippen molar-refractivity contribution in [2.24, 2.45) is 5.92 Å². The predicted octanol–water partition coefficient (Wildman–Crippen LogP) is 4.58. The first-order valence-electron chi connectivity index (χ1n) is 6.52. The highest BCUT2D eigenvalue weighted by molar-refractivity contribution is 8.00. The van der Waals surface area contributed by atoms with Crippen LogP contribution in [0.15, 0.2) is 29.2 Å². The van der Waals surface area contributed by atoms with Crippen LogP contribution in [-0.2, 0) is 6.54 Å². The van der Waals surface area contributed by atoms with E-state index in [-0.39, 0.29) is 16.7 Å². The lowest BCUT2D eigenvalue weighted by Crippen LogP contribution is -2.30. The zero-order valence-electron chi connectivity index (χ0n) is 10.8. The van der Waals surface area contributed by atoms with Crippen molar-refractivity contribution < 1.29 is 13.2 Å². The molecule has 1 nitrogen and oxygen atoms in total. The molecule has 2 rings (SSSR count). The van der Waals surface area contributed by atoms with Crippen LogP contribution in [0.3, 0.4) is 0 Å². The number of thioether (sulfide) groups is 1. The summed E-state index contributed by atoms with van der Waals surface area (Å²) < 4.78 is 36.6. The lowest BCUT2D eigenvalue weighted by molar-refractivity contribution is -0.0328. The van der Waals surface area contributed by atoms with Crippen LogP contribution >= 0.6 is 11.8 Å². The first-order valence-corrected chi connectivity index (χ1v) is 7.34. The molecule has 1 aromatic carbocycles. The standard InChI is InChI=1S/C14H18F3NS/c1-10-3-2-4-13(10)18-9-11-5-7-12(8-6-11)19-14(15,16)17/h5-8,10,13,18H,2-4,9H2,1H3. The van der Waals surface area contributed by atoms with E-state index in [1.807, 2.05) is 0 Å². The normalized spacial score (nSPS) is 23.8. The van der Waals surface area contributed by atoms with E-state index in [0.717, 1.165) is 12.1 Å². The highest BCUT2D eigenvalue weighted by Gasteiger charge is 2.29. The lowest BCUT2D eigenvalue weighted by atomic mass is 10.1. The van der Waals surface area contributed by atoms with E-state index < -0.39 is 5.51 Å². The van der Waals surface area contributed by atoms with Crippen LogP contribution in [0.25, 0.3) is 0 Å². The third-order valence-corrected chi connectivity index (χ3v) is 4.33. The van der Waals surface area contributed by atoms with Gasteiger partial charge in [-0.25, -0.2) is 0 Å². The average molecular weight is 289 g/mol. The molecule has 0 radical (unpaired) electrons. The van der Waals surface area contributed by atoms with Crippen LogP contribution in [0.5, 0.6) is 0 Å². The molecule has 2 unspecified atom stereocenters. The molecule has 19 heavy (non-hydrogen) atoms. The monoisotopic (exact) mass is 289 g/mol. The van der Waals surface area contributed by atoms with Crippen molar-refractivity contribution in [2.45, 2.75) is 49.2 Å². The van der Waals surface area contributed by atoms with Crippen molar-refractivity contribution >= 4 is 11.8 Å². The number of nitrogens with one attached hydrogen (secondary N) is 1. The van der Waals surface area contributed by atoms with Gasteiger partial charge in [0.25, 0.3) is 0 Å². The van der Waals surface area contributed by atoms with Crippen molar-refractivity contribution in [3.63, 3.8) is 0 Å². The Hall–Kier alpha value is -0.680. The zero-order valence-corrected chi connectivity index (χ0v) is 11.7. The summed E-state index contributed by atoms with van der Waals surface area (Å²) in [5.41, 5.74) is -3.18. The summed E-state index contributed by atoms with van der Waals surface area (Å²) in [5, 5.41) is 3.49. The molecule has 2 atom stereocenters. The molecule has 1 fully saturated rings. The van der Waals surface area contributed by atoms with Gasteiger partial charge in [-0.3, -0.25) is 0 Å².